The second kappa shape index (κ2) is 7.43. The van der Waals surface area contributed by atoms with Crippen molar-refractivity contribution in [2.75, 3.05) is 23.3 Å². The molecule has 142 valence electrons. The van der Waals surface area contributed by atoms with E-state index in [2.05, 4.69) is 31.5 Å². The Morgan fingerprint density at radius 3 is 2.86 bits per heavy atom. The van der Waals surface area contributed by atoms with Crippen molar-refractivity contribution in [3.05, 3.63) is 63.6 Å². The molecule has 0 radical (unpaired) electrons. The van der Waals surface area contributed by atoms with Crippen LogP contribution in [0, 0.1) is 0 Å². The molecular formula is C19H16BrN5O3. The number of benzene rings is 2. The molecule has 2 N–H and O–H groups in total. The predicted octanol–water partition coefficient (Wildman–Crippen LogP) is 2.33. The van der Waals surface area contributed by atoms with Crippen LogP contribution in [0.2, 0.25) is 0 Å². The highest BCUT2D eigenvalue weighted by atomic mass is 79.9. The number of nitrogens with one attached hydrogen (secondary N) is 2. The third-order valence-electron chi connectivity index (χ3n) is 4.40. The first-order valence-electron chi connectivity index (χ1n) is 8.61. The summed E-state index contributed by atoms with van der Waals surface area (Å²) in [4.78, 5) is 42.7. The van der Waals surface area contributed by atoms with Crippen LogP contribution in [-0.4, -0.2) is 34.6 Å². The molecule has 2 aromatic carbocycles. The second-order valence-corrected chi connectivity index (χ2v) is 7.24. The lowest BCUT2D eigenvalue weighted by atomic mass is 10.2. The summed E-state index contributed by atoms with van der Waals surface area (Å²) in [6, 6.07) is 12.1. The number of aromatic nitrogens is 2. The van der Waals surface area contributed by atoms with E-state index < -0.39 is 0 Å². The average molecular weight is 442 g/mol. The lowest BCUT2D eigenvalue weighted by Crippen LogP contribution is -2.28. The molecule has 1 fully saturated rings. The quantitative estimate of drug-likeness (QED) is 0.649. The molecule has 2 heterocycles. The fourth-order valence-electron chi connectivity index (χ4n) is 3.07. The number of rotatable bonds is 4. The molecule has 3 aromatic rings. The van der Waals surface area contributed by atoms with Crippen molar-refractivity contribution in [1.29, 1.82) is 0 Å². The Balaban J connectivity index is 1.52. The van der Waals surface area contributed by atoms with Gasteiger partial charge in [-0.05, 0) is 36.4 Å². The summed E-state index contributed by atoms with van der Waals surface area (Å²) in [5.41, 5.74) is 1.53. The third-order valence-corrected chi connectivity index (χ3v) is 4.89. The number of halogens is 1. The molecule has 1 aliphatic rings. The van der Waals surface area contributed by atoms with Crippen LogP contribution in [0.4, 0.5) is 16.2 Å². The first-order chi connectivity index (χ1) is 13.5. The normalized spacial score (nSPS) is 13.6. The Labute approximate surface area is 168 Å². The molecule has 1 aliphatic heterocycles. The van der Waals surface area contributed by atoms with Crippen LogP contribution in [0.5, 0.6) is 0 Å². The van der Waals surface area contributed by atoms with Gasteiger partial charge < -0.3 is 10.6 Å². The number of urea groups is 1. The van der Waals surface area contributed by atoms with Crippen molar-refractivity contribution < 1.29 is 9.59 Å². The van der Waals surface area contributed by atoms with Gasteiger partial charge >= 0.3 is 6.03 Å². The first-order valence-corrected chi connectivity index (χ1v) is 9.40. The molecule has 3 amide bonds. The summed E-state index contributed by atoms with van der Waals surface area (Å²) >= 11 is 3.34. The zero-order valence-electron chi connectivity index (χ0n) is 14.7. The van der Waals surface area contributed by atoms with Crippen molar-refractivity contribution in [2.45, 2.75) is 6.54 Å². The molecule has 8 nitrogen and oxygen atoms in total. The topological polar surface area (TPSA) is 96.3 Å². The number of hydrogen-bond donors (Lipinski definition) is 2. The fraction of sp³-hybridized carbons (Fsp3) is 0.158. The molecule has 0 unspecified atom stereocenters. The van der Waals surface area contributed by atoms with E-state index in [1.54, 1.807) is 47.4 Å². The van der Waals surface area contributed by atoms with Gasteiger partial charge in [-0.1, -0.05) is 22.0 Å². The highest BCUT2D eigenvalue weighted by Gasteiger charge is 2.21. The maximum Gasteiger partial charge on any atom is 0.321 e. The number of amides is 3. The maximum absolute atomic E-state index is 12.6. The predicted molar refractivity (Wildman–Crippen MR) is 110 cm³/mol. The Morgan fingerprint density at radius 1 is 1.21 bits per heavy atom. The molecule has 0 spiro atoms. The second-order valence-electron chi connectivity index (χ2n) is 6.32. The Hall–Kier alpha value is -3.20. The highest BCUT2D eigenvalue weighted by molar-refractivity contribution is 9.10. The highest BCUT2D eigenvalue weighted by Crippen LogP contribution is 2.21. The lowest BCUT2D eigenvalue weighted by Gasteiger charge is -2.15. The lowest BCUT2D eigenvalue weighted by molar-refractivity contribution is -0.116. The summed E-state index contributed by atoms with van der Waals surface area (Å²) in [7, 11) is 0. The molecule has 0 saturated carbocycles. The molecule has 1 saturated heterocycles. The molecule has 9 heteroatoms. The van der Waals surface area contributed by atoms with Crippen LogP contribution in [0.15, 0.2) is 58.1 Å². The minimum atomic E-state index is -0.360. The number of fused-ring (bicyclic) bond motifs is 1. The average Bonchev–Trinajstić information content (AvgIpc) is 3.10. The van der Waals surface area contributed by atoms with E-state index in [0.717, 1.165) is 4.47 Å². The van der Waals surface area contributed by atoms with Crippen molar-refractivity contribution >= 4 is 50.1 Å². The van der Waals surface area contributed by atoms with E-state index in [9.17, 15) is 14.4 Å². The first kappa shape index (κ1) is 18.2. The van der Waals surface area contributed by atoms with Gasteiger partial charge in [0.25, 0.3) is 5.56 Å². The van der Waals surface area contributed by atoms with Crippen molar-refractivity contribution in [1.82, 2.24) is 14.9 Å². The van der Waals surface area contributed by atoms with E-state index in [0.29, 0.717) is 35.4 Å². The summed E-state index contributed by atoms with van der Waals surface area (Å²) in [5, 5.41) is 5.94. The Morgan fingerprint density at radius 2 is 2.07 bits per heavy atom. The standard InChI is InChI=1S/C19H16BrN5O3/c20-12-4-5-16-15(8-12)18(27)24(11-22-16)10-17(26)23-13-2-1-3-14(9-13)25-7-6-21-19(25)28/h1-5,8-9,11H,6-7,10H2,(H,21,28)(H,23,26). The van der Waals surface area contributed by atoms with Gasteiger partial charge in [0.2, 0.25) is 5.91 Å². The van der Waals surface area contributed by atoms with E-state index in [-0.39, 0.29) is 24.0 Å². The van der Waals surface area contributed by atoms with Gasteiger partial charge in [0.1, 0.15) is 6.54 Å². The molecule has 0 bridgehead atoms. The van der Waals surface area contributed by atoms with E-state index >= 15 is 0 Å². The number of carbonyl (C=O) groups excluding carboxylic acids is 2. The summed E-state index contributed by atoms with van der Waals surface area (Å²) in [6.07, 6.45) is 1.36. The van der Waals surface area contributed by atoms with Gasteiger partial charge in [0, 0.05) is 28.9 Å². The van der Waals surface area contributed by atoms with E-state index in [1.165, 1.54) is 10.9 Å². The van der Waals surface area contributed by atoms with E-state index in [4.69, 9.17) is 0 Å². The minimum absolute atomic E-state index is 0.163. The van der Waals surface area contributed by atoms with Crippen LogP contribution >= 0.6 is 15.9 Å². The molecule has 0 atom stereocenters. The van der Waals surface area contributed by atoms with Crippen LogP contribution in [0.25, 0.3) is 10.9 Å². The van der Waals surface area contributed by atoms with Crippen LogP contribution in [0.1, 0.15) is 0 Å². The van der Waals surface area contributed by atoms with Crippen LogP contribution in [-0.2, 0) is 11.3 Å². The summed E-state index contributed by atoms with van der Waals surface area (Å²) in [6.45, 7) is 0.996. The maximum atomic E-state index is 12.6. The van der Waals surface area contributed by atoms with Gasteiger partial charge in [-0.25, -0.2) is 9.78 Å². The van der Waals surface area contributed by atoms with Crippen LogP contribution in [0.3, 0.4) is 0 Å². The van der Waals surface area contributed by atoms with Gasteiger partial charge in [-0.2, -0.15) is 0 Å². The van der Waals surface area contributed by atoms with Gasteiger partial charge in [-0.3, -0.25) is 19.1 Å². The zero-order valence-corrected chi connectivity index (χ0v) is 16.3. The molecule has 28 heavy (non-hydrogen) atoms. The number of anilines is 2. The van der Waals surface area contributed by atoms with Crippen molar-refractivity contribution in [3.8, 4) is 0 Å². The zero-order chi connectivity index (χ0) is 19.7. The number of nitrogens with zero attached hydrogens (tertiary/aromatic N) is 3. The van der Waals surface area contributed by atoms with Crippen molar-refractivity contribution in [3.63, 3.8) is 0 Å². The Bertz CT molecular complexity index is 1140. The summed E-state index contributed by atoms with van der Waals surface area (Å²) < 4.78 is 2.03. The molecule has 1 aromatic heterocycles. The summed E-state index contributed by atoms with van der Waals surface area (Å²) in [5.74, 6) is -0.360. The number of carbonyl (C=O) groups is 2. The Kier molecular flexibility index (Phi) is 4.82. The van der Waals surface area contributed by atoms with Gasteiger partial charge in [-0.15, -0.1) is 0 Å². The SMILES string of the molecule is O=C(Cn1cnc2ccc(Br)cc2c1=O)Nc1cccc(N2CCNC2=O)c1. The van der Waals surface area contributed by atoms with Gasteiger partial charge in [0.15, 0.2) is 0 Å². The molecule has 4 rings (SSSR count). The minimum Gasteiger partial charge on any atom is -0.336 e. The van der Waals surface area contributed by atoms with Crippen molar-refractivity contribution in [2.24, 2.45) is 0 Å². The smallest absolute Gasteiger partial charge is 0.321 e. The third kappa shape index (κ3) is 3.61. The molecule has 0 aliphatic carbocycles. The van der Waals surface area contributed by atoms with Gasteiger partial charge in [0.05, 0.1) is 17.2 Å². The fourth-order valence-corrected chi connectivity index (χ4v) is 3.43. The van der Waals surface area contributed by atoms with Crippen LogP contribution < -0.4 is 21.1 Å². The monoisotopic (exact) mass is 441 g/mol. The number of hydrogen-bond acceptors (Lipinski definition) is 4. The molecular weight excluding hydrogens is 426 g/mol. The largest absolute Gasteiger partial charge is 0.336 e. The van der Waals surface area contributed by atoms with E-state index in [1.807, 2.05) is 0 Å².